The number of carbonyl (C=O) groups is 1. The average Bonchev–Trinajstić information content (AvgIpc) is 2.28. The van der Waals surface area contributed by atoms with E-state index in [9.17, 15) is 4.79 Å². The highest BCUT2D eigenvalue weighted by Crippen LogP contribution is 2.05. The van der Waals surface area contributed by atoms with Gasteiger partial charge in [-0.2, -0.15) is 5.10 Å². The highest BCUT2D eigenvalue weighted by molar-refractivity contribution is 5.89. The average molecular weight is 181 g/mol. The maximum atomic E-state index is 10.6. The molecule has 1 aliphatic rings. The smallest absolute Gasteiger partial charge is 0.221 e. The Morgan fingerprint density at radius 2 is 2.38 bits per heavy atom. The predicted molar refractivity (Wildman–Crippen MR) is 48.7 cm³/mol. The van der Waals surface area contributed by atoms with Crippen LogP contribution >= 0.6 is 0 Å². The summed E-state index contributed by atoms with van der Waals surface area (Å²) in [6, 6.07) is 0. The van der Waals surface area contributed by atoms with Gasteiger partial charge in [0.05, 0.1) is 19.2 Å². The monoisotopic (exact) mass is 181 g/mol. The van der Waals surface area contributed by atoms with E-state index < -0.39 is 5.91 Å². The van der Waals surface area contributed by atoms with Gasteiger partial charge in [0.25, 0.3) is 0 Å². The van der Waals surface area contributed by atoms with Crippen molar-refractivity contribution in [1.82, 2.24) is 5.43 Å². The van der Waals surface area contributed by atoms with Gasteiger partial charge in [-0.3, -0.25) is 10.2 Å². The standard InChI is InChI=1S/C8H11N3O2/c9-8(13)2-6-1-7(5-12)4-11-10-3-6/h1,3-4,11-12H,2,5H2,(H2,9,13). The van der Waals surface area contributed by atoms with Gasteiger partial charge in [0.15, 0.2) is 0 Å². The number of aliphatic hydroxyl groups excluding tert-OH is 1. The van der Waals surface area contributed by atoms with Gasteiger partial charge in [0, 0.05) is 6.20 Å². The fourth-order valence-electron chi connectivity index (χ4n) is 0.947. The highest BCUT2D eigenvalue weighted by atomic mass is 16.3. The molecular formula is C8H11N3O2. The number of rotatable bonds is 3. The zero-order chi connectivity index (χ0) is 9.68. The Kier molecular flexibility index (Phi) is 3.22. The van der Waals surface area contributed by atoms with Crippen molar-refractivity contribution in [3.63, 3.8) is 0 Å². The van der Waals surface area contributed by atoms with Gasteiger partial charge >= 0.3 is 0 Å². The summed E-state index contributed by atoms with van der Waals surface area (Å²) in [5.74, 6) is -0.420. The molecule has 4 N–H and O–H groups in total. The Balaban J connectivity index is 2.76. The zero-order valence-corrected chi connectivity index (χ0v) is 7.03. The quantitative estimate of drug-likeness (QED) is 0.535. The van der Waals surface area contributed by atoms with Crippen LogP contribution in [0, 0.1) is 0 Å². The van der Waals surface area contributed by atoms with E-state index in [1.165, 1.54) is 6.21 Å². The van der Waals surface area contributed by atoms with E-state index in [2.05, 4.69) is 10.5 Å². The molecule has 0 unspecified atom stereocenters. The largest absolute Gasteiger partial charge is 0.392 e. The third-order valence-electron chi connectivity index (χ3n) is 1.49. The number of nitrogens with one attached hydrogen (secondary N) is 1. The first kappa shape index (κ1) is 9.47. The summed E-state index contributed by atoms with van der Waals surface area (Å²) >= 11 is 0. The van der Waals surface area contributed by atoms with Crippen molar-refractivity contribution in [2.24, 2.45) is 10.8 Å². The first-order valence-electron chi connectivity index (χ1n) is 3.79. The van der Waals surface area contributed by atoms with Crippen molar-refractivity contribution >= 4 is 12.1 Å². The van der Waals surface area contributed by atoms with Gasteiger partial charge in [-0.25, -0.2) is 0 Å². The summed E-state index contributed by atoms with van der Waals surface area (Å²) < 4.78 is 0. The minimum atomic E-state index is -0.420. The Morgan fingerprint density at radius 1 is 1.62 bits per heavy atom. The lowest BCUT2D eigenvalue weighted by Gasteiger charge is -1.96. The maximum absolute atomic E-state index is 10.6. The molecule has 5 nitrogen and oxygen atoms in total. The number of hydrazone groups is 1. The van der Waals surface area contributed by atoms with Gasteiger partial charge in [-0.15, -0.1) is 0 Å². The topological polar surface area (TPSA) is 87.7 Å². The van der Waals surface area contributed by atoms with E-state index in [0.717, 1.165) is 0 Å². The number of hydrogen-bond donors (Lipinski definition) is 3. The lowest BCUT2D eigenvalue weighted by Crippen LogP contribution is -2.11. The molecule has 1 heterocycles. The molecule has 0 saturated heterocycles. The SMILES string of the molecule is NC(=O)CC1=CC(CO)=CNN=C1. The van der Waals surface area contributed by atoms with E-state index >= 15 is 0 Å². The first-order chi connectivity index (χ1) is 6.22. The van der Waals surface area contributed by atoms with Crippen LogP contribution in [0.25, 0.3) is 0 Å². The molecule has 13 heavy (non-hydrogen) atoms. The number of primary amides is 1. The second-order valence-corrected chi connectivity index (χ2v) is 2.63. The Bertz CT molecular complexity index is 292. The second kappa shape index (κ2) is 4.42. The molecule has 0 aromatic rings. The molecule has 0 aromatic heterocycles. The lowest BCUT2D eigenvalue weighted by molar-refractivity contribution is -0.117. The third kappa shape index (κ3) is 3.08. The molecule has 0 aliphatic carbocycles. The summed E-state index contributed by atoms with van der Waals surface area (Å²) in [6.45, 7) is -0.0986. The molecule has 5 heteroatoms. The highest BCUT2D eigenvalue weighted by Gasteiger charge is 2.03. The van der Waals surface area contributed by atoms with E-state index in [0.29, 0.717) is 11.1 Å². The molecule has 1 rings (SSSR count). The van der Waals surface area contributed by atoms with E-state index in [1.807, 2.05) is 0 Å². The fourth-order valence-corrected chi connectivity index (χ4v) is 0.947. The second-order valence-electron chi connectivity index (χ2n) is 2.63. The third-order valence-corrected chi connectivity index (χ3v) is 1.49. The zero-order valence-electron chi connectivity index (χ0n) is 7.03. The van der Waals surface area contributed by atoms with Crippen molar-refractivity contribution in [2.45, 2.75) is 6.42 Å². The molecule has 1 aliphatic heterocycles. The summed E-state index contributed by atoms with van der Waals surface area (Å²) in [4.78, 5) is 10.6. The van der Waals surface area contributed by atoms with Crippen LogP contribution in [0.1, 0.15) is 6.42 Å². The van der Waals surface area contributed by atoms with Crippen LogP contribution in [-0.2, 0) is 4.79 Å². The van der Waals surface area contributed by atoms with Crippen LogP contribution < -0.4 is 11.2 Å². The summed E-state index contributed by atoms with van der Waals surface area (Å²) in [7, 11) is 0. The fraction of sp³-hybridized carbons (Fsp3) is 0.250. The Hall–Kier alpha value is -1.62. The lowest BCUT2D eigenvalue weighted by atomic mass is 10.1. The predicted octanol–water partition coefficient (Wildman–Crippen LogP) is -0.747. The number of hydrogen-bond acceptors (Lipinski definition) is 4. The van der Waals surface area contributed by atoms with Gasteiger partial charge in [0.2, 0.25) is 5.91 Å². The molecule has 0 aromatic carbocycles. The minimum absolute atomic E-state index is 0.0986. The van der Waals surface area contributed by atoms with Gasteiger partial charge in [0.1, 0.15) is 0 Å². The Labute approximate surface area is 75.6 Å². The first-order valence-corrected chi connectivity index (χ1v) is 3.79. The number of aliphatic hydroxyl groups is 1. The van der Waals surface area contributed by atoms with E-state index in [1.54, 1.807) is 12.3 Å². The molecular weight excluding hydrogens is 170 g/mol. The van der Waals surface area contributed by atoms with Crippen molar-refractivity contribution in [2.75, 3.05) is 6.61 Å². The van der Waals surface area contributed by atoms with Gasteiger partial charge in [-0.05, 0) is 17.2 Å². The van der Waals surface area contributed by atoms with Crippen molar-refractivity contribution < 1.29 is 9.90 Å². The van der Waals surface area contributed by atoms with Crippen LogP contribution in [0.15, 0.2) is 28.5 Å². The molecule has 70 valence electrons. The maximum Gasteiger partial charge on any atom is 0.221 e. The molecule has 0 radical (unpaired) electrons. The van der Waals surface area contributed by atoms with Crippen LogP contribution in [0.4, 0.5) is 0 Å². The number of nitrogens with two attached hydrogens (primary N) is 1. The molecule has 0 bridgehead atoms. The van der Waals surface area contributed by atoms with E-state index in [4.69, 9.17) is 10.8 Å². The Morgan fingerprint density at radius 3 is 3.00 bits per heavy atom. The van der Waals surface area contributed by atoms with Crippen molar-refractivity contribution in [1.29, 1.82) is 0 Å². The van der Waals surface area contributed by atoms with Crippen LogP contribution in [0.5, 0.6) is 0 Å². The summed E-state index contributed by atoms with van der Waals surface area (Å²) in [5, 5.41) is 12.6. The number of amides is 1. The van der Waals surface area contributed by atoms with Crippen LogP contribution in [-0.4, -0.2) is 23.8 Å². The molecule has 1 amide bonds. The van der Waals surface area contributed by atoms with Gasteiger partial charge < -0.3 is 10.8 Å². The summed E-state index contributed by atoms with van der Waals surface area (Å²) in [6.07, 6.45) is 4.87. The van der Waals surface area contributed by atoms with Crippen LogP contribution in [0.3, 0.4) is 0 Å². The van der Waals surface area contributed by atoms with E-state index in [-0.39, 0.29) is 13.0 Å². The molecule has 0 saturated carbocycles. The minimum Gasteiger partial charge on any atom is -0.392 e. The van der Waals surface area contributed by atoms with Crippen LogP contribution in [0.2, 0.25) is 0 Å². The van der Waals surface area contributed by atoms with Crippen molar-refractivity contribution in [3.05, 3.63) is 23.4 Å². The molecule has 0 spiro atoms. The van der Waals surface area contributed by atoms with Crippen molar-refractivity contribution in [3.8, 4) is 0 Å². The molecule has 0 atom stereocenters. The van der Waals surface area contributed by atoms with Gasteiger partial charge in [-0.1, -0.05) is 0 Å². The summed E-state index contributed by atoms with van der Waals surface area (Å²) in [5.41, 5.74) is 8.95. The normalized spacial score (nSPS) is 15.5. The molecule has 0 fully saturated rings. The number of nitrogens with zero attached hydrogens (tertiary/aromatic N) is 1. The number of carbonyl (C=O) groups excluding carboxylic acids is 1.